The number of methoxy groups -OCH3 is 1. The minimum Gasteiger partial charge on any atom is -0.481 e. The molecule has 0 unspecified atom stereocenters. The lowest BCUT2D eigenvalue weighted by Crippen LogP contribution is -2.02. The van der Waals surface area contributed by atoms with E-state index in [-0.39, 0.29) is 0 Å². The van der Waals surface area contributed by atoms with Crippen molar-refractivity contribution in [3.05, 3.63) is 52.0 Å². The zero-order valence-corrected chi connectivity index (χ0v) is 16.7. The summed E-state index contributed by atoms with van der Waals surface area (Å²) in [5, 5.41) is 1.05. The number of fused-ring (bicyclic) bond motifs is 1. The summed E-state index contributed by atoms with van der Waals surface area (Å²) in [6.45, 7) is 4.97. The summed E-state index contributed by atoms with van der Waals surface area (Å²) in [5.74, 6) is 1.74. The first-order valence-electron chi connectivity index (χ1n) is 8.52. The number of nitrogens with zero attached hydrogens (tertiary/aromatic N) is 2. The molecule has 3 aromatic rings. The number of hydrogen-bond donors (Lipinski definition) is 0. The molecule has 6 heteroatoms. The van der Waals surface area contributed by atoms with E-state index in [0.717, 1.165) is 26.5 Å². The van der Waals surface area contributed by atoms with Crippen LogP contribution in [0.25, 0.3) is 10.9 Å². The molecular weight excluding hydrogens is 396 g/mol. The summed E-state index contributed by atoms with van der Waals surface area (Å²) in [5.41, 5.74) is 2.92. The topological polar surface area (TPSA) is 53.5 Å². The number of hydrogen-bond acceptors (Lipinski definition) is 5. The lowest BCUT2D eigenvalue weighted by molar-refractivity contribution is 0.298. The third-order valence-corrected chi connectivity index (χ3v) is 4.32. The molecule has 2 heterocycles. The Morgan fingerprint density at radius 1 is 0.923 bits per heavy atom. The van der Waals surface area contributed by atoms with Gasteiger partial charge in [-0.25, -0.2) is 4.98 Å². The number of pyridine rings is 2. The van der Waals surface area contributed by atoms with Gasteiger partial charge in [-0.05, 0) is 43.7 Å². The second kappa shape index (κ2) is 8.36. The highest BCUT2D eigenvalue weighted by molar-refractivity contribution is 9.10. The summed E-state index contributed by atoms with van der Waals surface area (Å²) >= 11 is 3.51. The number of benzene rings is 1. The van der Waals surface area contributed by atoms with Gasteiger partial charge in [0.1, 0.15) is 0 Å². The van der Waals surface area contributed by atoms with E-state index in [1.807, 2.05) is 38.1 Å². The largest absolute Gasteiger partial charge is 0.481 e. The van der Waals surface area contributed by atoms with Crippen molar-refractivity contribution in [3.63, 3.8) is 0 Å². The standard InChI is InChI=1S/C20H21BrN2O3/c1-4-25-18-9-13(10-19(23-18)26-5-2)8-15-11-14-12-16(21)6-7-17(14)22-20(15)24-3/h6-7,9-12H,4-5,8H2,1-3H3. The molecule has 0 aliphatic heterocycles. The Labute approximate surface area is 161 Å². The molecule has 0 aliphatic carbocycles. The maximum atomic E-state index is 5.57. The summed E-state index contributed by atoms with van der Waals surface area (Å²) in [7, 11) is 1.64. The third kappa shape index (κ3) is 4.25. The second-order valence-electron chi connectivity index (χ2n) is 5.69. The highest BCUT2D eigenvalue weighted by Crippen LogP contribution is 2.28. The number of rotatable bonds is 7. The van der Waals surface area contributed by atoms with Gasteiger partial charge in [0.15, 0.2) is 0 Å². The van der Waals surface area contributed by atoms with Gasteiger partial charge in [0, 0.05) is 34.0 Å². The first-order valence-corrected chi connectivity index (χ1v) is 9.32. The minimum atomic E-state index is 0.552. The van der Waals surface area contributed by atoms with Crippen molar-refractivity contribution in [2.45, 2.75) is 20.3 Å². The molecule has 0 aliphatic rings. The molecule has 2 aromatic heterocycles. The van der Waals surface area contributed by atoms with E-state index in [4.69, 9.17) is 14.2 Å². The van der Waals surface area contributed by atoms with Crippen LogP contribution in [0, 0.1) is 0 Å². The van der Waals surface area contributed by atoms with Crippen LogP contribution in [0.3, 0.4) is 0 Å². The molecule has 26 heavy (non-hydrogen) atoms. The summed E-state index contributed by atoms with van der Waals surface area (Å²) < 4.78 is 17.7. The van der Waals surface area contributed by atoms with Gasteiger partial charge in [-0.15, -0.1) is 0 Å². The number of ether oxygens (including phenoxy) is 3. The molecule has 0 spiro atoms. The Hall–Kier alpha value is -2.34. The van der Waals surface area contributed by atoms with Gasteiger partial charge in [-0.1, -0.05) is 15.9 Å². The van der Waals surface area contributed by atoms with Crippen LogP contribution < -0.4 is 14.2 Å². The number of aromatic nitrogens is 2. The molecule has 0 saturated heterocycles. The van der Waals surface area contributed by atoms with Crippen LogP contribution in [0.15, 0.2) is 40.9 Å². The molecule has 0 saturated carbocycles. The summed E-state index contributed by atoms with van der Waals surface area (Å²) in [4.78, 5) is 8.99. The Kier molecular flexibility index (Phi) is 5.93. The molecule has 0 atom stereocenters. The highest BCUT2D eigenvalue weighted by atomic mass is 79.9. The predicted octanol–water partition coefficient (Wildman–Crippen LogP) is 4.79. The molecule has 136 valence electrons. The molecule has 0 fully saturated rings. The van der Waals surface area contributed by atoms with Gasteiger partial charge >= 0.3 is 0 Å². The minimum absolute atomic E-state index is 0.552. The third-order valence-electron chi connectivity index (χ3n) is 3.83. The van der Waals surface area contributed by atoms with E-state index >= 15 is 0 Å². The van der Waals surface area contributed by atoms with E-state index in [0.29, 0.717) is 37.3 Å². The number of halogens is 1. The van der Waals surface area contributed by atoms with Crippen molar-refractivity contribution in [2.24, 2.45) is 0 Å². The van der Waals surface area contributed by atoms with Crippen molar-refractivity contribution < 1.29 is 14.2 Å². The van der Waals surface area contributed by atoms with Gasteiger partial charge in [0.05, 0.1) is 25.8 Å². The van der Waals surface area contributed by atoms with Crippen molar-refractivity contribution in [2.75, 3.05) is 20.3 Å². The van der Waals surface area contributed by atoms with Crippen LogP contribution in [0.4, 0.5) is 0 Å². The summed E-state index contributed by atoms with van der Waals surface area (Å²) in [6, 6.07) is 12.0. The fraction of sp³-hybridized carbons (Fsp3) is 0.300. The fourth-order valence-corrected chi connectivity index (χ4v) is 3.15. The van der Waals surface area contributed by atoms with Crippen molar-refractivity contribution in [1.29, 1.82) is 0 Å². The average Bonchev–Trinajstić information content (AvgIpc) is 2.61. The Balaban J connectivity index is 2.01. The van der Waals surface area contributed by atoms with Crippen LogP contribution in [0.1, 0.15) is 25.0 Å². The quantitative estimate of drug-likeness (QED) is 0.554. The van der Waals surface area contributed by atoms with Crippen molar-refractivity contribution in [1.82, 2.24) is 9.97 Å². The molecule has 5 nitrogen and oxygen atoms in total. The van der Waals surface area contributed by atoms with Crippen LogP contribution in [-0.4, -0.2) is 30.3 Å². The average molecular weight is 417 g/mol. The van der Waals surface area contributed by atoms with Crippen LogP contribution in [-0.2, 0) is 6.42 Å². The highest BCUT2D eigenvalue weighted by Gasteiger charge is 2.12. The first-order chi connectivity index (χ1) is 12.6. The van der Waals surface area contributed by atoms with E-state index in [1.165, 1.54) is 0 Å². The van der Waals surface area contributed by atoms with Gasteiger partial charge in [0.25, 0.3) is 0 Å². The first kappa shape index (κ1) is 18.5. The van der Waals surface area contributed by atoms with Crippen LogP contribution in [0.5, 0.6) is 17.6 Å². The lowest BCUT2D eigenvalue weighted by Gasteiger charge is -2.12. The maximum Gasteiger partial charge on any atom is 0.217 e. The van der Waals surface area contributed by atoms with Crippen molar-refractivity contribution in [3.8, 4) is 17.6 Å². The van der Waals surface area contributed by atoms with Crippen molar-refractivity contribution >= 4 is 26.8 Å². The maximum absolute atomic E-state index is 5.57. The molecule has 1 aromatic carbocycles. The van der Waals surface area contributed by atoms with E-state index in [2.05, 4.69) is 38.0 Å². The Morgan fingerprint density at radius 2 is 1.62 bits per heavy atom. The van der Waals surface area contributed by atoms with Crippen LogP contribution >= 0.6 is 15.9 Å². The van der Waals surface area contributed by atoms with Gasteiger partial charge < -0.3 is 14.2 Å². The van der Waals surface area contributed by atoms with E-state index in [1.54, 1.807) is 7.11 Å². The van der Waals surface area contributed by atoms with Gasteiger partial charge in [-0.2, -0.15) is 4.98 Å². The Bertz CT molecular complexity index is 891. The Morgan fingerprint density at radius 3 is 2.23 bits per heavy atom. The lowest BCUT2D eigenvalue weighted by atomic mass is 10.0. The van der Waals surface area contributed by atoms with Crippen LogP contribution in [0.2, 0.25) is 0 Å². The molecule has 0 amide bonds. The van der Waals surface area contributed by atoms with E-state index in [9.17, 15) is 0 Å². The smallest absolute Gasteiger partial charge is 0.217 e. The fourth-order valence-electron chi connectivity index (χ4n) is 2.77. The molecule has 0 N–H and O–H groups in total. The molecule has 3 rings (SSSR count). The SMILES string of the molecule is CCOc1cc(Cc2cc3cc(Br)ccc3nc2OC)cc(OCC)n1. The second-order valence-corrected chi connectivity index (χ2v) is 6.60. The molecule has 0 bridgehead atoms. The zero-order chi connectivity index (χ0) is 18.5. The monoisotopic (exact) mass is 416 g/mol. The molecule has 0 radical (unpaired) electrons. The summed E-state index contributed by atoms with van der Waals surface area (Å²) in [6.07, 6.45) is 0.640. The van der Waals surface area contributed by atoms with E-state index < -0.39 is 0 Å². The van der Waals surface area contributed by atoms with Gasteiger partial charge in [-0.3, -0.25) is 0 Å². The zero-order valence-electron chi connectivity index (χ0n) is 15.1. The normalized spacial score (nSPS) is 10.8. The predicted molar refractivity (Wildman–Crippen MR) is 105 cm³/mol. The molecular formula is C20H21BrN2O3. The van der Waals surface area contributed by atoms with Gasteiger partial charge in [0.2, 0.25) is 17.6 Å².